The zero-order valence-corrected chi connectivity index (χ0v) is 17.0. The smallest absolute Gasteiger partial charge is 0.434 e. The molecule has 1 amide bonds. The second-order valence-corrected chi connectivity index (χ2v) is 10.4. The lowest BCUT2D eigenvalue weighted by Crippen LogP contribution is -2.73. The average molecular weight is 442 g/mol. The van der Waals surface area contributed by atoms with Crippen LogP contribution in [0.3, 0.4) is 0 Å². The van der Waals surface area contributed by atoms with Crippen molar-refractivity contribution in [2.45, 2.75) is 37.4 Å². The number of likely N-dealkylation sites (tertiary alicyclic amines) is 1. The summed E-state index contributed by atoms with van der Waals surface area (Å²) < 4.78 is 71.1. The maximum atomic E-state index is 13.2. The Morgan fingerprint density at radius 3 is 2.25 bits per heavy atom. The van der Waals surface area contributed by atoms with Gasteiger partial charge in [0.2, 0.25) is 10.0 Å². The zero-order chi connectivity index (χ0) is 21.1. The van der Waals surface area contributed by atoms with Crippen molar-refractivity contribution in [3.63, 3.8) is 0 Å². The Bertz CT molecular complexity index is 901. The second kappa shape index (κ2) is 6.46. The van der Waals surface area contributed by atoms with E-state index >= 15 is 0 Å². The van der Waals surface area contributed by atoms with Crippen LogP contribution in [0.4, 0.5) is 18.0 Å². The highest BCUT2D eigenvalue weighted by molar-refractivity contribution is 7.89. The van der Waals surface area contributed by atoms with Crippen molar-refractivity contribution >= 4 is 27.7 Å². The molecule has 3 rings (SSSR count). The number of hydrogen-bond acceptors (Lipinski definition) is 5. The van der Waals surface area contributed by atoms with E-state index in [0.717, 1.165) is 16.4 Å². The number of hydrogen-bond donors (Lipinski definition) is 0. The van der Waals surface area contributed by atoms with Crippen molar-refractivity contribution in [2.75, 3.05) is 26.2 Å². The standard InChI is InChI=1S/C16H19ClF3N3O4S/c1-14(2,3)27-13(24)22-6-15(7-22)8-23(9-15)28(25,26)10-4-5-11(17)21-12(10)16(18,19)20/h4-5H,6-9H2,1-3H3. The molecule has 156 valence electrons. The van der Waals surface area contributed by atoms with Gasteiger partial charge in [0.05, 0.1) is 0 Å². The van der Waals surface area contributed by atoms with Gasteiger partial charge in [0.25, 0.3) is 0 Å². The molecule has 0 bridgehead atoms. The number of carbonyl (C=O) groups is 1. The molecule has 1 aromatic heterocycles. The van der Waals surface area contributed by atoms with Crippen molar-refractivity contribution in [2.24, 2.45) is 5.41 Å². The number of amides is 1. The molecule has 2 saturated heterocycles. The van der Waals surface area contributed by atoms with E-state index in [0.29, 0.717) is 13.1 Å². The summed E-state index contributed by atoms with van der Waals surface area (Å²) in [5.41, 5.74) is -2.64. The van der Waals surface area contributed by atoms with Gasteiger partial charge in [0.15, 0.2) is 5.69 Å². The highest BCUT2D eigenvalue weighted by Gasteiger charge is 2.57. The summed E-state index contributed by atoms with van der Waals surface area (Å²) in [7, 11) is -4.39. The van der Waals surface area contributed by atoms with Crippen molar-refractivity contribution in [1.82, 2.24) is 14.2 Å². The Kier molecular flexibility index (Phi) is 4.87. The van der Waals surface area contributed by atoms with Gasteiger partial charge in [0, 0.05) is 31.6 Å². The monoisotopic (exact) mass is 441 g/mol. The first-order valence-corrected chi connectivity index (χ1v) is 10.2. The summed E-state index contributed by atoms with van der Waals surface area (Å²) >= 11 is 5.50. The molecule has 12 heteroatoms. The van der Waals surface area contributed by atoms with Gasteiger partial charge in [-0.2, -0.15) is 17.5 Å². The number of sulfonamides is 1. The first kappa shape index (κ1) is 21.1. The summed E-state index contributed by atoms with van der Waals surface area (Å²) in [6.45, 7) is 5.82. The Morgan fingerprint density at radius 2 is 1.75 bits per heavy atom. The van der Waals surface area contributed by atoms with Crippen LogP contribution in [0.5, 0.6) is 0 Å². The third-order valence-electron chi connectivity index (χ3n) is 4.44. The van der Waals surface area contributed by atoms with Gasteiger partial charge in [-0.25, -0.2) is 18.2 Å². The fraction of sp³-hybridized carbons (Fsp3) is 0.625. The molecule has 0 N–H and O–H groups in total. The topological polar surface area (TPSA) is 79.8 Å². The van der Waals surface area contributed by atoms with Crippen LogP contribution in [0.25, 0.3) is 0 Å². The van der Waals surface area contributed by atoms with Gasteiger partial charge in [-0.05, 0) is 32.9 Å². The van der Waals surface area contributed by atoms with E-state index in [9.17, 15) is 26.4 Å². The van der Waals surface area contributed by atoms with Crippen LogP contribution in [-0.2, 0) is 20.9 Å². The summed E-state index contributed by atoms with van der Waals surface area (Å²) in [4.78, 5) is 15.7. The molecule has 28 heavy (non-hydrogen) atoms. The van der Waals surface area contributed by atoms with Crippen LogP contribution in [0, 0.1) is 5.41 Å². The Morgan fingerprint density at radius 1 is 1.18 bits per heavy atom. The number of carbonyl (C=O) groups excluding carboxylic acids is 1. The molecule has 2 aliphatic rings. The lowest BCUT2D eigenvalue weighted by Gasteiger charge is -2.58. The van der Waals surface area contributed by atoms with Crippen LogP contribution in [0.2, 0.25) is 5.15 Å². The van der Waals surface area contributed by atoms with Gasteiger partial charge in [0.1, 0.15) is 15.6 Å². The third kappa shape index (κ3) is 3.92. The molecule has 7 nitrogen and oxygen atoms in total. The molecule has 0 aliphatic carbocycles. The second-order valence-electron chi connectivity index (χ2n) is 8.09. The number of rotatable bonds is 2. The molecule has 2 aliphatic heterocycles. The lowest BCUT2D eigenvalue weighted by molar-refractivity contribution is -0.143. The molecular formula is C16H19ClF3N3O4S. The molecule has 0 saturated carbocycles. The van der Waals surface area contributed by atoms with Crippen molar-refractivity contribution in [1.29, 1.82) is 0 Å². The van der Waals surface area contributed by atoms with Crippen LogP contribution in [0.1, 0.15) is 26.5 Å². The fourth-order valence-corrected chi connectivity index (χ4v) is 5.22. The van der Waals surface area contributed by atoms with Gasteiger partial charge in [-0.15, -0.1) is 0 Å². The quantitative estimate of drug-likeness (QED) is 0.659. The average Bonchev–Trinajstić information content (AvgIpc) is 2.40. The van der Waals surface area contributed by atoms with Crippen LogP contribution in [0.15, 0.2) is 17.0 Å². The first-order valence-electron chi connectivity index (χ1n) is 8.35. The largest absolute Gasteiger partial charge is 0.444 e. The van der Waals surface area contributed by atoms with Crippen LogP contribution >= 0.6 is 11.6 Å². The normalized spacial score (nSPS) is 19.9. The van der Waals surface area contributed by atoms with Crippen molar-refractivity contribution in [3.05, 3.63) is 23.0 Å². The van der Waals surface area contributed by atoms with Crippen LogP contribution < -0.4 is 0 Å². The van der Waals surface area contributed by atoms with E-state index in [4.69, 9.17) is 16.3 Å². The number of ether oxygens (including phenoxy) is 1. The highest BCUT2D eigenvalue weighted by Crippen LogP contribution is 2.44. The minimum atomic E-state index is -4.96. The Balaban J connectivity index is 1.70. The number of halogens is 4. The first-order chi connectivity index (χ1) is 12.6. The number of alkyl halides is 3. The minimum absolute atomic E-state index is 0.0224. The van der Waals surface area contributed by atoms with Crippen LogP contribution in [-0.4, -0.2) is 60.5 Å². The maximum Gasteiger partial charge on any atom is 0.434 e. The predicted octanol–water partition coefficient (Wildman–Crippen LogP) is 3.00. The van der Waals surface area contributed by atoms with Crippen molar-refractivity contribution < 1.29 is 31.1 Å². The molecule has 0 aromatic carbocycles. The molecule has 1 spiro atoms. The summed E-state index contributed by atoms with van der Waals surface area (Å²) in [5.74, 6) is 0. The lowest BCUT2D eigenvalue weighted by atomic mass is 9.75. The van der Waals surface area contributed by atoms with E-state index in [1.165, 1.54) is 4.90 Å². The molecule has 0 radical (unpaired) electrons. The minimum Gasteiger partial charge on any atom is -0.444 e. The molecule has 2 fully saturated rings. The maximum absolute atomic E-state index is 13.2. The molecule has 1 aromatic rings. The van der Waals surface area contributed by atoms with Gasteiger partial charge >= 0.3 is 12.3 Å². The van der Waals surface area contributed by atoms with Gasteiger partial charge in [-0.1, -0.05) is 11.6 Å². The van der Waals surface area contributed by atoms with Gasteiger partial charge < -0.3 is 9.64 Å². The van der Waals surface area contributed by atoms with E-state index < -0.39 is 49.1 Å². The predicted molar refractivity (Wildman–Crippen MR) is 93.2 cm³/mol. The number of pyridine rings is 1. The summed E-state index contributed by atoms with van der Waals surface area (Å²) in [6.07, 6.45) is -5.46. The summed E-state index contributed by atoms with van der Waals surface area (Å²) in [5, 5.41) is -0.446. The van der Waals surface area contributed by atoms with E-state index in [1.54, 1.807) is 20.8 Å². The van der Waals surface area contributed by atoms with E-state index in [2.05, 4.69) is 4.98 Å². The highest BCUT2D eigenvalue weighted by atomic mass is 35.5. The molecular weight excluding hydrogens is 423 g/mol. The molecule has 0 unspecified atom stereocenters. The summed E-state index contributed by atoms with van der Waals surface area (Å²) in [6, 6.07) is 1.82. The molecule has 0 atom stereocenters. The number of aromatic nitrogens is 1. The molecule has 3 heterocycles. The fourth-order valence-electron chi connectivity index (χ4n) is 3.26. The Hall–Kier alpha value is -1.59. The SMILES string of the molecule is CC(C)(C)OC(=O)N1CC2(C1)CN(S(=O)(=O)c1ccc(Cl)nc1C(F)(F)F)C2. The van der Waals surface area contributed by atoms with E-state index in [-0.39, 0.29) is 13.1 Å². The zero-order valence-electron chi connectivity index (χ0n) is 15.4. The Labute approximate surface area is 165 Å². The van der Waals surface area contributed by atoms with Crippen molar-refractivity contribution in [3.8, 4) is 0 Å². The third-order valence-corrected chi connectivity index (χ3v) is 6.47. The van der Waals surface area contributed by atoms with Gasteiger partial charge in [-0.3, -0.25) is 0 Å². The van der Waals surface area contributed by atoms with E-state index in [1.807, 2.05) is 0 Å². The number of nitrogens with zero attached hydrogens (tertiary/aromatic N) is 3.